The topological polar surface area (TPSA) is 84.5 Å². The molecule has 0 spiro atoms. The molecule has 0 aliphatic heterocycles. The van der Waals surface area contributed by atoms with E-state index in [0.29, 0.717) is 18.0 Å². The largest absolute Gasteiger partial charge is 0.492 e. The second kappa shape index (κ2) is 7.83. The molecule has 0 heterocycles. The Morgan fingerprint density at radius 1 is 1.08 bits per heavy atom. The van der Waals surface area contributed by atoms with Crippen molar-refractivity contribution in [3.05, 3.63) is 48.5 Å². The number of benzene rings is 2. The van der Waals surface area contributed by atoms with Crippen LogP contribution < -0.4 is 15.4 Å². The van der Waals surface area contributed by atoms with Crippen molar-refractivity contribution in [2.24, 2.45) is 0 Å². The monoisotopic (exact) mass is 348 g/mol. The van der Waals surface area contributed by atoms with Crippen LogP contribution in [0, 0.1) is 0 Å². The Hall–Kier alpha value is -2.54. The highest BCUT2D eigenvalue weighted by Crippen LogP contribution is 2.23. The van der Waals surface area contributed by atoms with Crippen LogP contribution in [0.25, 0.3) is 0 Å². The van der Waals surface area contributed by atoms with Gasteiger partial charge in [0.05, 0.1) is 23.7 Å². The van der Waals surface area contributed by atoms with E-state index in [4.69, 9.17) is 4.74 Å². The first kappa shape index (κ1) is 17.8. The first-order chi connectivity index (χ1) is 11.4. The molecule has 2 N–H and O–H groups in total. The van der Waals surface area contributed by atoms with Crippen LogP contribution in [0.1, 0.15) is 6.92 Å². The quantitative estimate of drug-likeness (QED) is 0.803. The van der Waals surface area contributed by atoms with Gasteiger partial charge in [0, 0.05) is 11.9 Å². The summed E-state index contributed by atoms with van der Waals surface area (Å²) in [7, 11) is -3.24. The van der Waals surface area contributed by atoms with Gasteiger partial charge >= 0.3 is 0 Å². The van der Waals surface area contributed by atoms with E-state index in [9.17, 15) is 13.2 Å². The molecule has 0 fully saturated rings. The van der Waals surface area contributed by atoms with Crippen LogP contribution in [-0.4, -0.2) is 33.7 Å². The maximum atomic E-state index is 12.0. The second-order valence-electron chi connectivity index (χ2n) is 5.13. The summed E-state index contributed by atoms with van der Waals surface area (Å²) in [6.07, 6.45) is 1.14. The lowest BCUT2D eigenvalue weighted by Gasteiger charge is -2.12. The summed E-state index contributed by atoms with van der Waals surface area (Å²) in [6.45, 7) is 2.50. The highest BCUT2D eigenvalue weighted by molar-refractivity contribution is 7.90. The van der Waals surface area contributed by atoms with Crippen LogP contribution in [0.3, 0.4) is 0 Å². The number of rotatable bonds is 7. The highest BCUT2D eigenvalue weighted by atomic mass is 32.2. The molecule has 24 heavy (non-hydrogen) atoms. The lowest BCUT2D eigenvalue weighted by Crippen LogP contribution is -2.22. The molecule has 0 saturated carbocycles. The minimum Gasteiger partial charge on any atom is -0.492 e. The van der Waals surface area contributed by atoms with Crippen molar-refractivity contribution in [2.75, 3.05) is 30.0 Å². The molecule has 0 aromatic heterocycles. The van der Waals surface area contributed by atoms with Crippen molar-refractivity contribution in [3.8, 4) is 5.75 Å². The Kier molecular flexibility index (Phi) is 5.81. The molecule has 2 rings (SSSR count). The van der Waals surface area contributed by atoms with Crippen molar-refractivity contribution in [1.29, 1.82) is 0 Å². The first-order valence-corrected chi connectivity index (χ1v) is 9.35. The number of hydrogen-bond donors (Lipinski definition) is 2. The van der Waals surface area contributed by atoms with Gasteiger partial charge in [-0.3, -0.25) is 4.79 Å². The molecule has 2 aromatic rings. The van der Waals surface area contributed by atoms with Gasteiger partial charge in [0.2, 0.25) is 5.91 Å². The molecule has 0 unspecified atom stereocenters. The molecule has 0 bridgehead atoms. The summed E-state index contributed by atoms with van der Waals surface area (Å²) in [6, 6.07) is 13.4. The zero-order valence-electron chi connectivity index (χ0n) is 13.6. The normalized spacial score (nSPS) is 10.9. The molecule has 0 aliphatic rings. The molecule has 0 aliphatic carbocycles. The predicted octanol–water partition coefficient (Wildman–Crippen LogP) is 2.54. The van der Waals surface area contributed by atoms with Gasteiger partial charge in [0.1, 0.15) is 5.75 Å². The fraction of sp³-hybridized carbons (Fsp3) is 0.235. The maximum absolute atomic E-state index is 12.0. The fourth-order valence-corrected chi connectivity index (χ4v) is 2.69. The molecular formula is C17H20N2O4S. The summed E-state index contributed by atoms with van der Waals surface area (Å²) in [5, 5.41) is 5.73. The van der Waals surface area contributed by atoms with Crippen LogP contribution in [0.2, 0.25) is 0 Å². The Balaban J connectivity index is 1.94. The van der Waals surface area contributed by atoms with E-state index in [2.05, 4.69) is 10.6 Å². The second-order valence-corrected chi connectivity index (χ2v) is 7.14. The molecule has 1 amide bonds. The SMILES string of the molecule is CCOc1ccccc1NCC(=O)Nc1ccc(S(C)(=O)=O)cc1. The number of para-hydroxylation sites is 2. The maximum Gasteiger partial charge on any atom is 0.243 e. The standard InChI is InChI=1S/C17H20N2O4S/c1-3-23-16-7-5-4-6-15(16)18-12-17(20)19-13-8-10-14(11-9-13)24(2,21)22/h4-11,18H,3,12H2,1-2H3,(H,19,20). The van der Waals surface area contributed by atoms with Crippen molar-refractivity contribution < 1.29 is 17.9 Å². The van der Waals surface area contributed by atoms with Crippen LogP contribution in [0.15, 0.2) is 53.4 Å². The number of nitrogens with one attached hydrogen (secondary N) is 2. The fourth-order valence-electron chi connectivity index (χ4n) is 2.06. The van der Waals surface area contributed by atoms with Gasteiger partial charge in [-0.15, -0.1) is 0 Å². The van der Waals surface area contributed by atoms with E-state index in [-0.39, 0.29) is 17.3 Å². The summed E-state index contributed by atoms with van der Waals surface area (Å²) >= 11 is 0. The smallest absolute Gasteiger partial charge is 0.243 e. The third-order valence-electron chi connectivity index (χ3n) is 3.19. The third kappa shape index (κ3) is 4.99. The van der Waals surface area contributed by atoms with Gasteiger partial charge in [-0.05, 0) is 43.3 Å². The number of sulfone groups is 1. The van der Waals surface area contributed by atoms with Gasteiger partial charge in [-0.25, -0.2) is 8.42 Å². The van der Waals surface area contributed by atoms with Gasteiger partial charge < -0.3 is 15.4 Å². The molecule has 0 saturated heterocycles. The van der Waals surface area contributed by atoms with E-state index in [0.717, 1.165) is 11.9 Å². The molecule has 0 radical (unpaired) electrons. The predicted molar refractivity (Wildman–Crippen MR) is 94.3 cm³/mol. The number of ether oxygens (including phenoxy) is 1. The van der Waals surface area contributed by atoms with Crippen LogP contribution in [0.5, 0.6) is 5.75 Å². The molecule has 7 heteroatoms. The minimum atomic E-state index is -3.24. The molecule has 128 valence electrons. The summed E-state index contributed by atoms with van der Waals surface area (Å²) in [4.78, 5) is 12.2. The van der Waals surface area contributed by atoms with Crippen LogP contribution >= 0.6 is 0 Å². The molecule has 6 nitrogen and oxygen atoms in total. The van der Waals surface area contributed by atoms with Crippen molar-refractivity contribution >= 4 is 27.1 Å². The van der Waals surface area contributed by atoms with E-state index in [1.807, 2.05) is 31.2 Å². The van der Waals surface area contributed by atoms with Gasteiger partial charge in [-0.2, -0.15) is 0 Å². The summed E-state index contributed by atoms with van der Waals surface area (Å²) < 4.78 is 28.3. The van der Waals surface area contributed by atoms with E-state index < -0.39 is 9.84 Å². The van der Waals surface area contributed by atoms with E-state index in [1.165, 1.54) is 12.1 Å². The van der Waals surface area contributed by atoms with Crippen molar-refractivity contribution in [3.63, 3.8) is 0 Å². The van der Waals surface area contributed by atoms with E-state index >= 15 is 0 Å². The van der Waals surface area contributed by atoms with E-state index in [1.54, 1.807) is 12.1 Å². The average molecular weight is 348 g/mol. The number of carbonyl (C=O) groups excluding carboxylic acids is 1. The lowest BCUT2D eigenvalue weighted by atomic mass is 10.3. The molecular weight excluding hydrogens is 328 g/mol. The highest BCUT2D eigenvalue weighted by Gasteiger charge is 2.08. The molecule has 2 aromatic carbocycles. The Morgan fingerprint density at radius 3 is 2.38 bits per heavy atom. The Labute approximate surface area is 141 Å². The van der Waals surface area contributed by atoms with Crippen LogP contribution in [-0.2, 0) is 14.6 Å². The summed E-state index contributed by atoms with van der Waals surface area (Å²) in [5.41, 5.74) is 1.27. The Morgan fingerprint density at radius 2 is 1.75 bits per heavy atom. The van der Waals surface area contributed by atoms with Gasteiger partial charge in [0.15, 0.2) is 9.84 Å². The van der Waals surface area contributed by atoms with Gasteiger partial charge in [0.25, 0.3) is 0 Å². The van der Waals surface area contributed by atoms with Crippen molar-refractivity contribution in [1.82, 2.24) is 0 Å². The zero-order valence-corrected chi connectivity index (χ0v) is 14.4. The average Bonchev–Trinajstić information content (AvgIpc) is 2.54. The third-order valence-corrected chi connectivity index (χ3v) is 4.32. The number of carbonyl (C=O) groups is 1. The van der Waals surface area contributed by atoms with Crippen LogP contribution in [0.4, 0.5) is 11.4 Å². The summed E-state index contributed by atoms with van der Waals surface area (Å²) in [5.74, 6) is 0.443. The number of anilines is 2. The van der Waals surface area contributed by atoms with Crippen molar-refractivity contribution in [2.45, 2.75) is 11.8 Å². The van der Waals surface area contributed by atoms with Gasteiger partial charge in [-0.1, -0.05) is 12.1 Å². The Bertz CT molecular complexity index is 802. The first-order valence-electron chi connectivity index (χ1n) is 7.46. The molecule has 0 atom stereocenters. The minimum absolute atomic E-state index is 0.0674. The zero-order chi connectivity index (χ0) is 17.6. The lowest BCUT2D eigenvalue weighted by molar-refractivity contribution is -0.114. The number of amides is 1. The number of hydrogen-bond acceptors (Lipinski definition) is 5.